The van der Waals surface area contributed by atoms with Crippen molar-refractivity contribution in [2.24, 2.45) is 5.92 Å². The number of rotatable bonds is 4. The molecular formula is C25H35N3O2. The molecule has 4 rings (SSSR count). The molecule has 1 aromatic rings. The lowest BCUT2D eigenvalue weighted by molar-refractivity contribution is -0.143. The molecule has 162 valence electrons. The molecule has 2 saturated heterocycles. The summed E-state index contributed by atoms with van der Waals surface area (Å²) < 4.78 is 0. The van der Waals surface area contributed by atoms with E-state index < -0.39 is 0 Å². The quantitative estimate of drug-likeness (QED) is 0.774. The van der Waals surface area contributed by atoms with Crippen LogP contribution in [0.5, 0.6) is 0 Å². The first-order valence-corrected chi connectivity index (χ1v) is 11.5. The van der Waals surface area contributed by atoms with Crippen LogP contribution in [0.15, 0.2) is 24.3 Å². The van der Waals surface area contributed by atoms with Crippen molar-refractivity contribution >= 4 is 5.91 Å². The lowest BCUT2D eigenvalue weighted by Crippen LogP contribution is -2.68. The summed E-state index contributed by atoms with van der Waals surface area (Å²) in [7, 11) is 4.03. The fourth-order valence-corrected chi connectivity index (χ4v) is 5.14. The Morgan fingerprint density at radius 3 is 2.50 bits per heavy atom. The number of hydrogen-bond donors (Lipinski definition) is 1. The van der Waals surface area contributed by atoms with E-state index in [1.807, 2.05) is 14.1 Å². The Kier molecular flexibility index (Phi) is 6.77. The maximum atomic E-state index is 12.9. The first kappa shape index (κ1) is 21.4. The summed E-state index contributed by atoms with van der Waals surface area (Å²) in [6.45, 7) is 3.62. The molecule has 0 aromatic heterocycles. The maximum absolute atomic E-state index is 12.9. The van der Waals surface area contributed by atoms with E-state index in [4.69, 9.17) is 0 Å². The van der Waals surface area contributed by atoms with Gasteiger partial charge < -0.3 is 10.0 Å². The molecule has 1 N–H and O–H groups in total. The lowest BCUT2D eigenvalue weighted by Gasteiger charge is -2.57. The third-order valence-corrected chi connectivity index (χ3v) is 7.06. The van der Waals surface area contributed by atoms with Crippen molar-refractivity contribution < 1.29 is 9.90 Å². The molecule has 3 fully saturated rings. The predicted molar refractivity (Wildman–Crippen MR) is 119 cm³/mol. The van der Waals surface area contributed by atoms with Gasteiger partial charge in [0.05, 0.1) is 13.2 Å². The van der Waals surface area contributed by atoms with Crippen LogP contribution in [0.3, 0.4) is 0 Å². The van der Waals surface area contributed by atoms with Gasteiger partial charge in [0, 0.05) is 42.6 Å². The highest BCUT2D eigenvalue weighted by atomic mass is 16.3. The molecule has 2 heterocycles. The molecule has 1 aliphatic carbocycles. The van der Waals surface area contributed by atoms with Gasteiger partial charge in [-0.3, -0.25) is 14.6 Å². The molecule has 1 aromatic carbocycles. The Hall–Kier alpha value is -1.87. The first-order chi connectivity index (χ1) is 14.6. The molecule has 3 atom stereocenters. The predicted octanol–water partition coefficient (Wildman–Crippen LogP) is 2.15. The standard InChI is InChI=1S/C25H35N3O2/c1-26(2)14-6-7-19-10-12-20(13-11-19)24-22-17-27(25(30)21-8-5-9-21)15-3-4-16-28(22)23(24)18-29/h10-13,21-24,29H,3-5,8-9,14-18H2,1-2H3/t22-,23+,24+/m0/s1. The molecule has 30 heavy (non-hydrogen) atoms. The highest BCUT2D eigenvalue weighted by Crippen LogP contribution is 2.42. The van der Waals surface area contributed by atoms with Crippen LogP contribution >= 0.6 is 0 Å². The molecule has 5 heteroatoms. The van der Waals surface area contributed by atoms with Gasteiger partial charge in [0.25, 0.3) is 0 Å². The zero-order valence-corrected chi connectivity index (χ0v) is 18.4. The number of fused-ring (bicyclic) bond motifs is 1. The van der Waals surface area contributed by atoms with Crippen molar-refractivity contribution in [3.05, 3.63) is 35.4 Å². The molecule has 0 spiro atoms. The summed E-state index contributed by atoms with van der Waals surface area (Å²) in [5.74, 6) is 7.29. The second kappa shape index (κ2) is 9.51. The Morgan fingerprint density at radius 2 is 1.87 bits per heavy atom. The van der Waals surface area contributed by atoms with Crippen LogP contribution in [0.25, 0.3) is 0 Å². The van der Waals surface area contributed by atoms with E-state index in [1.54, 1.807) is 0 Å². The minimum Gasteiger partial charge on any atom is -0.395 e. The zero-order valence-electron chi connectivity index (χ0n) is 18.4. The summed E-state index contributed by atoms with van der Waals surface area (Å²) in [6.07, 6.45) is 5.46. The fraction of sp³-hybridized carbons (Fsp3) is 0.640. The van der Waals surface area contributed by atoms with E-state index in [-0.39, 0.29) is 24.5 Å². The maximum Gasteiger partial charge on any atom is 0.225 e. The molecule has 0 bridgehead atoms. The van der Waals surface area contributed by atoms with Crippen molar-refractivity contribution in [2.45, 2.75) is 50.1 Å². The van der Waals surface area contributed by atoms with Gasteiger partial charge in [-0.15, -0.1) is 0 Å². The van der Waals surface area contributed by atoms with Gasteiger partial charge in [-0.2, -0.15) is 0 Å². The van der Waals surface area contributed by atoms with Crippen LogP contribution in [-0.4, -0.2) is 84.7 Å². The number of hydrogen-bond acceptors (Lipinski definition) is 4. The van der Waals surface area contributed by atoms with Crippen LogP contribution in [0.1, 0.15) is 49.1 Å². The third-order valence-electron chi connectivity index (χ3n) is 7.06. The van der Waals surface area contributed by atoms with Gasteiger partial charge in [0.1, 0.15) is 0 Å². The van der Waals surface area contributed by atoms with E-state index in [0.29, 0.717) is 11.9 Å². The van der Waals surface area contributed by atoms with Crippen molar-refractivity contribution in [2.75, 3.05) is 46.9 Å². The summed E-state index contributed by atoms with van der Waals surface area (Å²) in [6, 6.07) is 8.98. The number of amides is 1. The molecule has 1 amide bonds. The number of aliphatic hydroxyl groups is 1. The smallest absolute Gasteiger partial charge is 0.225 e. The van der Waals surface area contributed by atoms with Gasteiger partial charge in [-0.1, -0.05) is 30.4 Å². The molecule has 0 unspecified atom stereocenters. The van der Waals surface area contributed by atoms with Crippen molar-refractivity contribution in [3.8, 4) is 11.8 Å². The summed E-state index contributed by atoms with van der Waals surface area (Å²) >= 11 is 0. The highest BCUT2D eigenvalue weighted by molar-refractivity contribution is 5.79. The van der Waals surface area contributed by atoms with Gasteiger partial charge >= 0.3 is 0 Å². The molecule has 2 aliphatic heterocycles. The Labute approximate surface area is 181 Å². The van der Waals surface area contributed by atoms with E-state index in [2.05, 4.69) is 50.8 Å². The minimum absolute atomic E-state index is 0.152. The number of aliphatic hydroxyl groups excluding tert-OH is 1. The average molecular weight is 410 g/mol. The summed E-state index contributed by atoms with van der Waals surface area (Å²) in [5.41, 5.74) is 2.28. The zero-order chi connectivity index (χ0) is 21.1. The average Bonchev–Trinajstić information content (AvgIpc) is 2.66. The Balaban J connectivity index is 1.49. The van der Waals surface area contributed by atoms with Crippen LogP contribution in [0, 0.1) is 17.8 Å². The molecule has 3 aliphatic rings. The van der Waals surface area contributed by atoms with Crippen molar-refractivity contribution in [3.63, 3.8) is 0 Å². The van der Waals surface area contributed by atoms with Gasteiger partial charge in [0.2, 0.25) is 5.91 Å². The SMILES string of the molecule is CN(C)CC#Cc1ccc([C@H]2[C@@H](CO)N3CCCCN(C(=O)C4CCC4)C[C@@H]23)cc1. The van der Waals surface area contributed by atoms with Gasteiger partial charge in [0.15, 0.2) is 0 Å². The van der Waals surface area contributed by atoms with E-state index in [9.17, 15) is 9.90 Å². The second-order valence-corrected chi connectivity index (χ2v) is 9.36. The first-order valence-electron chi connectivity index (χ1n) is 11.5. The number of carbonyl (C=O) groups is 1. The lowest BCUT2D eigenvalue weighted by atomic mass is 9.74. The molecule has 1 saturated carbocycles. The van der Waals surface area contributed by atoms with Crippen LogP contribution < -0.4 is 0 Å². The molecule has 0 radical (unpaired) electrons. The second-order valence-electron chi connectivity index (χ2n) is 9.36. The Morgan fingerprint density at radius 1 is 1.13 bits per heavy atom. The van der Waals surface area contributed by atoms with E-state index in [1.165, 1.54) is 12.0 Å². The molecule has 5 nitrogen and oxygen atoms in total. The highest BCUT2D eigenvalue weighted by Gasteiger charge is 2.49. The van der Waals surface area contributed by atoms with Crippen LogP contribution in [0.4, 0.5) is 0 Å². The largest absolute Gasteiger partial charge is 0.395 e. The van der Waals surface area contributed by atoms with E-state index >= 15 is 0 Å². The number of benzene rings is 1. The summed E-state index contributed by atoms with van der Waals surface area (Å²) in [4.78, 5) is 19.6. The van der Waals surface area contributed by atoms with Crippen LogP contribution in [-0.2, 0) is 4.79 Å². The van der Waals surface area contributed by atoms with E-state index in [0.717, 1.165) is 57.4 Å². The number of nitrogens with zero attached hydrogens (tertiary/aromatic N) is 3. The van der Waals surface area contributed by atoms with Gasteiger partial charge in [-0.05, 0) is 64.0 Å². The van der Waals surface area contributed by atoms with Gasteiger partial charge in [-0.25, -0.2) is 0 Å². The van der Waals surface area contributed by atoms with Crippen LogP contribution in [0.2, 0.25) is 0 Å². The molecular weight excluding hydrogens is 374 g/mol. The monoisotopic (exact) mass is 409 g/mol. The fourth-order valence-electron chi connectivity index (χ4n) is 5.14. The topological polar surface area (TPSA) is 47.0 Å². The minimum atomic E-state index is 0.152. The Bertz CT molecular complexity index is 791. The van der Waals surface area contributed by atoms with Crippen molar-refractivity contribution in [1.29, 1.82) is 0 Å². The number of carbonyl (C=O) groups excluding carboxylic acids is 1. The third kappa shape index (κ3) is 4.42. The normalized spacial score (nSPS) is 27.2. The van der Waals surface area contributed by atoms with Crippen molar-refractivity contribution in [1.82, 2.24) is 14.7 Å². The summed E-state index contributed by atoms with van der Waals surface area (Å²) in [5, 5.41) is 10.1.